The van der Waals surface area contributed by atoms with E-state index in [1.54, 1.807) is 0 Å². The Kier molecular flexibility index (Phi) is 4.95. The summed E-state index contributed by atoms with van der Waals surface area (Å²) < 4.78 is 57.8. The first kappa shape index (κ1) is 21.2. The maximum atomic E-state index is 15.0. The lowest BCUT2D eigenvalue weighted by atomic mass is 9.79. The first-order chi connectivity index (χ1) is 15.8. The molecule has 0 saturated carbocycles. The van der Waals surface area contributed by atoms with Gasteiger partial charge in [0.1, 0.15) is 11.6 Å². The van der Waals surface area contributed by atoms with Crippen LogP contribution in [0, 0.1) is 23.3 Å². The molecule has 10 heteroatoms. The number of aromatic hydroxyl groups is 1. The van der Waals surface area contributed by atoms with Gasteiger partial charge in [0, 0.05) is 18.5 Å². The summed E-state index contributed by atoms with van der Waals surface area (Å²) in [6, 6.07) is 4.59. The zero-order chi connectivity index (χ0) is 23.4. The van der Waals surface area contributed by atoms with E-state index < -0.39 is 58.4 Å². The lowest BCUT2D eigenvalue weighted by Gasteiger charge is -2.42. The van der Waals surface area contributed by atoms with Crippen molar-refractivity contribution < 1.29 is 27.5 Å². The molecule has 0 radical (unpaired) electrons. The van der Waals surface area contributed by atoms with Gasteiger partial charge in [0.25, 0.3) is 5.91 Å². The Hall–Kier alpha value is -3.69. The first-order valence-corrected chi connectivity index (χ1v) is 10.3. The monoisotopic (exact) mass is 459 g/mol. The van der Waals surface area contributed by atoms with Gasteiger partial charge in [-0.05, 0) is 42.2 Å². The van der Waals surface area contributed by atoms with Gasteiger partial charge in [0.2, 0.25) is 5.43 Å². The number of carbonyl (C=O) groups is 1. The van der Waals surface area contributed by atoms with Crippen molar-refractivity contribution in [3.05, 3.63) is 92.9 Å². The Morgan fingerprint density at radius 3 is 2.52 bits per heavy atom. The van der Waals surface area contributed by atoms with Crippen molar-refractivity contribution in [2.75, 3.05) is 6.54 Å². The van der Waals surface area contributed by atoms with E-state index in [0.29, 0.717) is 25.5 Å². The average molecular weight is 459 g/mol. The number of halogens is 4. The SMILES string of the molecule is O=C1c2c(O)c(=O)cnn2[C@@H]([C@H](c2ccc(F)c(F)c2)c2ccc(F)cc2F)[C@H]2CCCN12. The van der Waals surface area contributed by atoms with Crippen molar-refractivity contribution in [1.29, 1.82) is 0 Å². The first-order valence-electron chi connectivity index (χ1n) is 10.3. The molecule has 0 aliphatic carbocycles. The Morgan fingerprint density at radius 1 is 1.00 bits per heavy atom. The van der Waals surface area contributed by atoms with Crippen LogP contribution >= 0.6 is 0 Å². The van der Waals surface area contributed by atoms with Gasteiger partial charge < -0.3 is 10.0 Å². The molecule has 1 saturated heterocycles. The Balaban J connectivity index is 1.81. The number of rotatable bonds is 3. The average Bonchev–Trinajstić information content (AvgIpc) is 3.26. The number of fused-ring (bicyclic) bond motifs is 2. The fourth-order valence-corrected chi connectivity index (χ4v) is 4.97. The summed E-state index contributed by atoms with van der Waals surface area (Å²) in [5.41, 5.74) is -1.08. The molecule has 0 unspecified atom stereocenters. The van der Waals surface area contributed by atoms with Gasteiger partial charge in [-0.15, -0.1) is 0 Å². The quantitative estimate of drug-likeness (QED) is 0.609. The molecule has 1 amide bonds. The highest BCUT2D eigenvalue weighted by molar-refractivity contribution is 5.96. The molecule has 3 aromatic rings. The molecular formula is C23H17F4N3O3. The van der Waals surface area contributed by atoms with Crippen LogP contribution in [0.15, 0.2) is 47.4 Å². The summed E-state index contributed by atoms with van der Waals surface area (Å²) >= 11 is 0. The third-order valence-electron chi connectivity index (χ3n) is 6.37. The summed E-state index contributed by atoms with van der Waals surface area (Å²) in [6.45, 7) is 0.332. The van der Waals surface area contributed by atoms with Crippen LogP contribution in [0.4, 0.5) is 17.6 Å². The second kappa shape index (κ2) is 7.72. The summed E-state index contributed by atoms with van der Waals surface area (Å²) in [5.74, 6) is -6.44. The zero-order valence-corrected chi connectivity index (χ0v) is 17.0. The van der Waals surface area contributed by atoms with Crippen LogP contribution in [0.1, 0.15) is 46.4 Å². The smallest absolute Gasteiger partial charge is 0.276 e. The van der Waals surface area contributed by atoms with E-state index in [1.165, 1.54) is 17.0 Å². The van der Waals surface area contributed by atoms with Crippen molar-refractivity contribution in [1.82, 2.24) is 14.7 Å². The maximum Gasteiger partial charge on any atom is 0.276 e. The van der Waals surface area contributed by atoms with E-state index in [1.807, 2.05) is 0 Å². The van der Waals surface area contributed by atoms with Gasteiger partial charge in [-0.3, -0.25) is 14.3 Å². The lowest BCUT2D eigenvalue weighted by Crippen LogP contribution is -2.51. The molecule has 3 heterocycles. The zero-order valence-electron chi connectivity index (χ0n) is 17.0. The molecule has 1 fully saturated rings. The molecule has 1 N–H and O–H groups in total. The maximum absolute atomic E-state index is 15.0. The molecule has 33 heavy (non-hydrogen) atoms. The van der Waals surface area contributed by atoms with E-state index in [2.05, 4.69) is 5.10 Å². The molecule has 2 aromatic carbocycles. The number of hydrogen-bond donors (Lipinski definition) is 1. The number of amides is 1. The molecule has 170 valence electrons. The number of aromatic nitrogens is 2. The third kappa shape index (κ3) is 3.28. The van der Waals surface area contributed by atoms with Crippen LogP contribution < -0.4 is 5.43 Å². The minimum absolute atomic E-state index is 0.0282. The Morgan fingerprint density at radius 2 is 1.79 bits per heavy atom. The number of hydrogen-bond acceptors (Lipinski definition) is 4. The van der Waals surface area contributed by atoms with Crippen LogP contribution in [-0.4, -0.2) is 38.3 Å². The van der Waals surface area contributed by atoms with Crippen molar-refractivity contribution in [3.8, 4) is 5.75 Å². The molecule has 0 bridgehead atoms. The van der Waals surface area contributed by atoms with Crippen molar-refractivity contribution >= 4 is 5.91 Å². The summed E-state index contributed by atoms with van der Waals surface area (Å²) in [6.07, 6.45) is 1.93. The summed E-state index contributed by atoms with van der Waals surface area (Å²) in [5, 5.41) is 14.5. The van der Waals surface area contributed by atoms with Gasteiger partial charge in [-0.2, -0.15) is 5.10 Å². The normalized spacial score (nSPS) is 20.5. The van der Waals surface area contributed by atoms with Crippen molar-refractivity contribution in [3.63, 3.8) is 0 Å². The van der Waals surface area contributed by atoms with Crippen LogP contribution in [0.5, 0.6) is 5.75 Å². The summed E-state index contributed by atoms with van der Waals surface area (Å²) in [7, 11) is 0. The predicted octanol–water partition coefficient (Wildman–Crippen LogP) is 3.50. The van der Waals surface area contributed by atoms with Crippen LogP contribution in [-0.2, 0) is 0 Å². The molecule has 5 rings (SSSR count). The second-order valence-corrected chi connectivity index (χ2v) is 8.17. The van der Waals surface area contributed by atoms with E-state index in [4.69, 9.17) is 0 Å². The minimum atomic E-state index is -1.16. The standard InChI is InChI=1S/C23H17F4N3O3/c24-12-4-5-13(15(26)9-12)19(11-3-6-14(25)16(27)8-11)20-17-2-1-7-29(17)23(33)21-22(32)18(31)10-28-30(20)21/h3-6,8-10,17,19-20,32H,1-2,7H2/t17-,19-,20-/m1/s1. The van der Waals surface area contributed by atoms with Crippen LogP contribution in [0.2, 0.25) is 0 Å². The minimum Gasteiger partial charge on any atom is -0.502 e. The summed E-state index contributed by atoms with van der Waals surface area (Å²) in [4.78, 5) is 26.6. The van der Waals surface area contributed by atoms with Crippen molar-refractivity contribution in [2.24, 2.45) is 0 Å². The Labute approximate surface area is 184 Å². The topological polar surface area (TPSA) is 75.4 Å². The predicted molar refractivity (Wildman–Crippen MR) is 108 cm³/mol. The largest absolute Gasteiger partial charge is 0.502 e. The van der Waals surface area contributed by atoms with E-state index >= 15 is 4.39 Å². The number of nitrogens with zero attached hydrogens (tertiary/aromatic N) is 3. The molecule has 2 aliphatic rings. The molecule has 1 aromatic heterocycles. The molecular weight excluding hydrogens is 442 g/mol. The molecule has 0 spiro atoms. The highest BCUT2D eigenvalue weighted by atomic mass is 19.2. The van der Waals surface area contributed by atoms with E-state index in [9.17, 15) is 27.9 Å². The van der Waals surface area contributed by atoms with Crippen molar-refractivity contribution in [2.45, 2.75) is 30.8 Å². The highest BCUT2D eigenvalue weighted by Crippen LogP contribution is 2.46. The van der Waals surface area contributed by atoms with Gasteiger partial charge >= 0.3 is 0 Å². The fourth-order valence-electron chi connectivity index (χ4n) is 4.97. The van der Waals surface area contributed by atoms with E-state index in [0.717, 1.165) is 29.1 Å². The Bertz CT molecular complexity index is 1340. The van der Waals surface area contributed by atoms with Gasteiger partial charge in [-0.1, -0.05) is 12.1 Å². The van der Waals surface area contributed by atoms with E-state index in [-0.39, 0.29) is 16.8 Å². The number of carbonyl (C=O) groups excluding carboxylic acids is 1. The van der Waals surface area contributed by atoms with Gasteiger partial charge in [0.05, 0.1) is 18.3 Å². The molecule has 3 atom stereocenters. The third-order valence-corrected chi connectivity index (χ3v) is 6.37. The second-order valence-electron chi connectivity index (χ2n) is 8.17. The molecule has 6 nitrogen and oxygen atoms in total. The van der Waals surface area contributed by atoms with Gasteiger partial charge in [-0.25, -0.2) is 17.6 Å². The fraction of sp³-hybridized carbons (Fsp3) is 0.261. The number of benzene rings is 2. The van der Waals surface area contributed by atoms with Crippen LogP contribution in [0.25, 0.3) is 0 Å². The lowest BCUT2D eigenvalue weighted by molar-refractivity contribution is 0.0564. The van der Waals surface area contributed by atoms with Gasteiger partial charge in [0.15, 0.2) is 23.1 Å². The molecule has 2 aliphatic heterocycles. The van der Waals surface area contributed by atoms with Crippen LogP contribution in [0.3, 0.4) is 0 Å². The highest BCUT2D eigenvalue weighted by Gasteiger charge is 2.48.